The van der Waals surface area contributed by atoms with Gasteiger partial charge in [0.05, 0.1) is 0 Å². The van der Waals surface area contributed by atoms with Gasteiger partial charge in [-0.05, 0) is 11.3 Å². The van der Waals surface area contributed by atoms with Crippen LogP contribution < -0.4 is 0 Å². The summed E-state index contributed by atoms with van der Waals surface area (Å²) >= 11 is 5.18. The third-order valence-corrected chi connectivity index (χ3v) is 4.09. The van der Waals surface area contributed by atoms with E-state index in [1.165, 1.54) is 0 Å². The summed E-state index contributed by atoms with van der Waals surface area (Å²) in [5.41, 5.74) is 0.297. The van der Waals surface area contributed by atoms with E-state index in [0.717, 1.165) is 11.1 Å². The molecule has 0 saturated heterocycles. The molecular weight excluding hydrogens is 276 g/mol. The van der Waals surface area contributed by atoms with Crippen LogP contribution in [0.4, 0.5) is 0 Å². The molecule has 5 heteroatoms. The molecule has 0 aliphatic heterocycles. The molecule has 1 unspecified atom stereocenters. The minimum Gasteiger partial charge on any atom is -0.416 e. The Hall–Kier alpha value is -0.0300. The second-order valence-corrected chi connectivity index (χ2v) is 6.23. The quantitative estimate of drug-likeness (QED) is 0.629. The topological polar surface area (TPSA) is 38.9 Å². The van der Waals surface area contributed by atoms with Gasteiger partial charge in [0.15, 0.2) is 0 Å². The minimum absolute atomic E-state index is 0.297. The van der Waals surface area contributed by atoms with Crippen LogP contribution >= 0.6 is 27.7 Å². The van der Waals surface area contributed by atoms with Crippen LogP contribution in [0.25, 0.3) is 0 Å². The molecule has 15 heavy (non-hydrogen) atoms. The van der Waals surface area contributed by atoms with Gasteiger partial charge in [0, 0.05) is 18.0 Å². The lowest BCUT2D eigenvalue weighted by atomic mass is 9.83. The fraction of sp³-hybridized carbons (Fsp3) is 0.800. The van der Waals surface area contributed by atoms with Crippen molar-refractivity contribution in [3.8, 4) is 0 Å². The van der Waals surface area contributed by atoms with Gasteiger partial charge >= 0.3 is 0 Å². The Bertz CT molecular complexity index is 309. The number of rotatable bonds is 4. The Morgan fingerprint density at radius 1 is 1.40 bits per heavy atom. The van der Waals surface area contributed by atoms with Crippen LogP contribution in [0.15, 0.2) is 9.64 Å². The molecule has 1 aromatic rings. The van der Waals surface area contributed by atoms with E-state index in [0.29, 0.717) is 22.4 Å². The molecule has 0 saturated carbocycles. The molecule has 0 aromatic carbocycles. The number of hydrogen-bond donors (Lipinski definition) is 0. The monoisotopic (exact) mass is 292 g/mol. The van der Waals surface area contributed by atoms with Crippen molar-refractivity contribution in [1.29, 1.82) is 0 Å². The van der Waals surface area contributed by atoms with Crippen molar-refractivity contribution in [2.24, 2.45) is 11.3 Å². The minimum atomic E-state index is 0.297. The van der Waals surface area contributed by atoms with Gasteiger partial charge in [0.2, 0.25) is 5.89 Å². The normalized spacial score (nSPS) is 14.2. The lowest BCUT2D eigenvalue weighted by Crippen LogP contribution is -2.23. The molecule has 1 rings (SSSR count). The third-order valence-electron chi connectivity index (χ3n) is 2.33. The highest BCUT2D eigenvalue weighted by molar-refractivity contribution is 9.09. The van der Waals surface area contributed by atoms with Crippen molar-refractivity contribution >= 4 is 27.7 Å². The molecule has 0 spiro atoms. The second-order valence-electron chi connectivity index (χ2n) is 4.62. The highest BCUT2D eigenvalue weighted by Gasteiger charge is 2.24. The third kappa shape index (κ3) is 4.15. The first-order valence-corrected chi connectivity index (χ1v) is 7.03. The zero-order valence-electron chi connectivity index (χ0n) is 9.58. The number of alkyl halides is 1. The maximum Gasteiger partial charge on any atom is 0.276 e. The van der Waals surface area contributed by atoms with Crippen LogP contribution in [0.3, 0.4) is 0 Å². The smallest absolute Gasteiger partial charge is 0.276 e. The molecule has 1 heterocycles. The molecule has 0 aliphatic rings. The van der Waals surface area contributed by atoms with Crippen LogP contribution in [0.1, 0.15) is 26.7 Å². The van der Waals surface area contributed by atoms with E-state index in [4.69, 9.17) is 4.42 Å². The van der Waals surface area contributed by atoms with Crippen LogP contribution in [-0.4, -0.2) is 21.3 Å². The lowest BCUT2D eigenvalue weighted by molar-refractivity contribution is 0.294. The fourth-order valence-electron chi connectivity index (χ4n) is 1.03. The van der Waals surface area contributed by atoms with Gasteiger partial charge in [0.25, 0.3) is 5.22 Å². The second kappa shape index (κ2) is 5.34. The van der Waals surface area contributed by atoms with E-state index in [1.54, 1.807) is 11.8 Å². The number of hydrogen-bond acceptors (Lipinski definition) is 4. The zero-order chi connectivity index (χ0) is 11.5. The molecule has 1 atom stereocenters. The number of nitrogens with zero attached hydrogens (tertiary/aromatic N) is 2. The van der Waals surface area contributed by atoms with Gasteiger partial charge < -0.3 is 4.42 Å². The summed E-state index contributed by atoms with van der Waals surface area (Å²) in [7, 11) is 0. The van der Waals surface area contributed by atoms with E-state index in [-0.39, 0.29) is 0 Å². The molecule has 1 aromatic heterocycles. The van der Waals surface area contributed by atoms with Gasteiger partial charge in [-0.3, -0.25) is 0 Å². The number of aryl methyl sites for hydroxylation is 1. The first-order chi connectivity index (χ1) is 6.93. The fourth-order valence-corrected chi connectivity index (χ4v) is 3.78. The highest BCUT2D eigenvalue weighted by atomic mass is 79.9. The van der Waals surface area contributed by atoms with Gasteiger partial charge in [-0.25, -0.2) is 0 Å². The van der Waals surface area contributed by atoms with Gasteiger partial charge in [-0.2, -0.15) is 0 Å². The maximum absolute atomic E-state index is 5.32. The van der Waals surface area contributed by atoms with E-state index < -0.39 is 0 Å². The van der Waals surface area contributed by atoms with E-state index in [1.807, 2.05) is 6.92 Å². The SMILES string of the molecule is Cc1nnc(SCC(CBr)C(C)(C)C)o1. The van der Waals surface area contributed by atoms with Crippen molar-refractivity contribution in [1.82, 2.24) is 10.2 Å². The van der Waals surface area contributed by atoms with E-state index in [2.05, 4.69) is 46.9 Å². The Balaban J connectivity index is 2.48. The zero-order valence-corrected chi connectivity index (χ0v) is 12.0. The van der Waals surface area contributed by atoms with Crippen molar-refractivity contribution in [2.75, 3.05) is 11.1 Å². The molecule has 0 amide bonds. The van der Waals surface area contributed by atoms with Crippen molar-refractivity contribution < 1.29 is 4.42 Å². The summed E-state index contributed by atoms with van der Waals surface area (Å²) in [6, 6.07) is 0. The molecule has 3 nitrogen and oxygen atoms in total. The molecule has 0 bridgehead atoms. The molecule has 0 aliphatic carbocycles. The summed E-state index contributed by atoms with van der Waals surface area (Å²) in [6.45, 7) is 8.55. The molecule has 0 N–H and O–H groups in total. The van der Waals surface area contributed by atoms with Gasteiger partial charge in [-0.1, -0.05) is 48.5 Å². The lowest BCUT2D eigenvalue weighted by Gasteiger charge is -2.28. The van der Waals surface area contributed by atoms with Crippen LogP contribution in [0.2, 0.25) is 0 Å². The summed E-state index contributed by atoms with van der Waals surface area (Å²) in [5, 5.41) is 9.43. The average molecular weight is 293 g/mol. The number of halogens is 1. The Kier molecular flexibility index (Phi) is 4.64. The van der Waals surface area contributed by atoms with Crippen LogP contribution in [0, 0.1) is 18.3 Å². The van der Waals surface area contributed by atoms with E-state index in [9.17, 15) is 0 Å². The van der Waals surface area contributed by atoms with E-state index >= 15 is 0 Å². The van der Waals surface area contributed by atoms with Crippen LogP contribution in [-0.2, 0) is 0 Å². The maximum atomic E-state index is 5.32. The van der Waals surface area contributed by atoms with Gasteiger partial charge in [0.1, 0.15) is 0 Å². The first-order valence-electron chi connectivity index (χ1n) is 4.92. The number of thioether (sulfide) groups is 1. The molecule has 0 radical (unpaired) electrons. The Morgan fingerprint density at radius 2 is 2.07 bits per heavy atom. The largest absolute Gasteiger partial charge is 0.416 e. The summed E-state index contributed by atoms with van der Waals surface area (Å²) in [5.74, 6) is 2.22. The van der Waals surface area contributed by atoms with Gasteiger partial charge in [-0.15, -0.1) is 10.2 Å². The van der Waals surface area contributed by atoms with Crippen molar-refractivity contribution in [3.63, 3.8) is 0 Å². The summed E-state index contributed by atoms with van der Waals surface area (Å²) < 4.78 is 5.32. The highest BCUT2D eigenvalue weighted by Crippen LogP contribution is 2.32. The van der Waals surface area contributed by atoms with Crippen molar-refractivity contribution in [3.05, 3.63) is 5.89 Å². The summed E-state index contributed by atoms with van der Waals surface area (Å²) in [6.07, 6.45) is 0. The van der Waals surface area contributed by atoms with Crippen molar-refractivity contribution in [2.45, 2.75) is 32.9 Å². The number of aromatic nitrogens is 2. The molecular formula is C10H17BrN2OS. The Labute approximate surface area is 104 Å². The Morgan fingerprint density at radius 3 is 2.47 bits per heavy atom. The molecule has 86 valence electrons. The average Bonchev–Trinajstić information content (AvgIpc) is 2.50. The standard InChI is InChI=1S/C10H17BrN2OS/c1-7-12-13-9(14-7)15-6-8(5-11)10(2,3)4/h8H,5-6H2,1-4H3. The predicted octanol–water partition coefficient (Wildman–Crippen LogP) is 3.53. The molecule has 0 fully saturated rings. The predicted molar refractivity (Wildman–Crippen MR) is 66.5 cm³/mol. The summed E-state index contributed by atoms with van der Waals surface area (Å²) in [4.78, 5) is 0. The van der Waals surface area contributed by atoms with Crippen LogP contribution in [0.5, 0.6) is 0 Å². The first kappa shape index (κ1) is 13.0.